The van der Waals surface area contributed by atoms with E-state index in [0.717, 1.165) is 17.2 Å². The average molecular weight is 625 g/mol. The number of carbonyl (C=O) groups is 3. The lowest BCUT2D eigenvalue weighted by atomic mass is 9.70. The summed E-state index contributed by atoms with van der Waals surface area (Å²) in [5.41, 5.74) is -0.468. The number of aliphatic hydroxyl groups excluding tert-OH is 1. The van der Waals surface area contributed by atoms with Crippen LogP contribution in [-0.2, 0) is 19.1 Å². The molecule has 1 N–H and O–H groups in total. The van der Waals surface area contributed by atoms with Crippen molar-refractivity contribution in [1.82, 2.24) is 9.80 Å². The third-order valence-electron chi connectivity index (χ3n) is 8.64. The topological polar surface area (TPSA) is 90.4 Å². The fraction of sp³-hybridized carbons (Fsp3) is 0.469. The Morgan fingerprint density at radius 2 is 1.88 bits per heavy atom. The maximum absolute atomic E-state index is 14.7. The maximum Gasteiger partial charge on any atom is 0.253 e. The standard InChI is InChI=1S/C32H38BrN3O5/c1-4-14-34(15-5-2)29(38)25-26-30(39)36(17-9-18-37)28(32(26)20-24(33)27(25)41-32)31(40)35(16-6-3)23-13-12-21-10-7-8-11-22(21)19-23/h4,6-8,10-13,19,24-28,37H,1,3,5,9,14-18,20H2,2H3/t24?,25-,26-,27-,28?,32?/m0/s1. The fourth-order valence-electron chi connectivity index (χ4n) is 7.04. The van der Waals surface area contributed by atoms with E-state index < -0.39 is 29.6 Å². The zero-order chi connectivity index (χ0) is 29.3. The number of hydrogen-bond acceptors (Lipinski definition) is 5. The van der Waals surface area contributed by atoms with Gasteiger partial charge in [0.25, 0.3) is 5.91 Å². The second-order valence-corrected chi connectivity index (χ2v) is 12.3. The Bertz CT molecular complexity index is 1350. The predicted octanol–water partition coefficient (Wildman–Crippen LogP) is 3.91. The van der Waals surface area contributed by atoms with Crippen molar-refractivity contribution in [2.24, 2.45) is 11.8 Å². The van der Waals surface area contributed by atoms with Gasteiger partial charge >= 0.3 is 0 Å². The number of fused-ring (bicyclic) bond motifs is 2. The van der Waals surface area contributed by atoms with E-state index in [2.05, 4.69) is 29.1 Å². The van der Waals surface area contributed by atoms with Crippen molar-refractivity contribution >= 4 is 50.1 Å². The maximum atomic E-state index is 14.7. The normalized spacial score (nSPS) is 28.1. The van der Waals surface area contributed by atoms with E-state index >= 15 is 0 Å². The van der Waals surface area contributed by atoms with Crippen LogP contribution in [0.5, 0.6) is 0 Å². The van der Waals surface area contributed by atoms with Crippen molar-refractivity contribution in [3.8, 4) is 0 Å². The van der Waals surface area contributed by atoms with Gasteiger partial charge in [-0.3, -0.25) is 14.4 Å². The molecule has 3 saturated heterocycles. The highest BCUT2D eigenvalue weighted by Crippen LogP contribution is 2.60. The summed E-state index contributed by atoms with van der Waals surface area (Å²) in [6, 6.07) is 12.8. The van der Waals surface area contributed by atoms with Crippen LogP contribution in [0.3, 0.4) is 0 Å². The molecule has 0 aromatic heterocycles. The van der Waals surface area contributed by atoms with E-state index in [0.29, 0.717) is 31.6 Å². The van der Waals surface area contributed by atoms with Gasteiger partial charge in [0.15, 0.2) is 0 Å². The molecular formula is C32H38BrN3O5. The van der Waals surface area contributed by atoms with Crippen LogP contribution in [0.25, 0.3) is 10.8 Å². The Balaban J connectivity index is 1.57. The fourth-order valence-corrected chi connectivity index (χ4v) is 7.99. The van der Waals surface area contributed by atoms with Gasteiger partial charge in [0.2, 0.25) is 11.8 Å². The number of anilines is 1. The number of aliphatic hydroxyl groups is 1. The first-order valence-electron chi connectivity index (χ1n) is 14.4. The van der Waals surface area contributed by atoms with E-state index in [1.165, 1.54) is 0 Å². The number of amides is 3. The average Bonchev–Trinajstić information content (AvgIpc) is 3.56. The smallest absolute Gasteiger partial charge is 0.253 e. The molecule has 1 spiro atoms. The van der Waals surface area contributed by atoms with Gasteiger partial charge in [-0.25, -0.2) is 0 Å². The second-order valence-electron chi connectivity index (χ2n) is 11.1. The largest absolute Gasteiger partial charge is 0.396 e. The van der Waals surface area contributed by atoms with Gasteiger partial charge in [-0.2, -0.15) is 0 Å². The minimum absolute atomic E-state index is 0.125. The van der Waals surface area contributed by atoms with Crippen LogP contribution < -0.4 is 4.90 Å². The summed E-state index contributed by atoms with van der Waals surface area (Å²) in [4.78, 5) is 47.6. The third-order valence-corrected chi connectivity index (χ3v) is 9.49. The molecule has 3 fully saturated rings. The summed E-state index contributed by atoms with van der Waals surface area (Å²) in [6.45, 7) is 10.9. The number of rotatable bonds is 12. The van der Waals surface area contributed by atoms with Crippen LogP contribution >= 0.6 is 15.9 Å². The van der Waals surface area contributed by atoms with Gasteiger partial charge in [0.1, 0.15) is 11.6 Å². The summed E-state index contributed by atoms with van der Waals surface area (Å²) in [5.74, 6) is -2.18. The Morgan fingerprint density at radius 3 is 2.56 bits per heavy atom. The number of alkyl halides is 1. The predicted molar refractivity (Wildman–Crippen MR) is 163 cm³/mol. The molecule has 0 aliphatic carbocycles. The van der Waals surface area contributed by atoms with Gasteiger partial charge in [-0.1, -0.05) is 65.3 Å². The summed E-state index contributed by atoms with van der Waals surface area (Å²) in [7, 11) is 0. The SMILES string of the molecule is C=CCN(CCC)C(=O)[C@H]1[C@H]2C(=O)N(CCCO)C(C(=O)N(CC=C)c3ccc4ccccc4c3)C23CC(Br)[C@@H]1O3. The van der Waals surface area contributed by atoms with Gasteiger partial charge in [-0.05, 0) is 42.2 Å². The lowest BCUT2D eigenvalue weighted by Crippen LogP contribution is -2.57. The molecule has 2 aromatic rings. The van der Waals surface area contributed by atoms with E-state index in [1.807, 2.05) is 49.4 Å². The third kappa shape index (κ3) is 4.91. The van der Waals surface area contributed by atoms with Crippen molar-refractivity contribution in [2.45, 2.75) is 48.8 Å². The molecule has 8 nitrogen and oxygen atoms in total. The highest BCUT2D eigenvalue weighted by Gasteiger charge is 2.76. The van der Waals surface area contributed by atoms with Gasteiger partial charge < -0.3 is 24.5 Å². The molecule has 3 aliphatic rings. The minimum Gasteiger partial charge on any atom is -0.396 e. The molecular weight excluding hydrogens is 586 g/mol. The molecule has 3 aliphatic heterocycles. The molecule has 3 unspecified atom stereocenters. The molecule has 218 valence electrons. The second kappa shape index (κ2) is 12.1. The first kappa shape index (κ1) is 29.5. The first-order valence-corrected chi connectivity index (χ1v) is 15.3. The molecule has 5 rings (SSSR count). The Hall–Kier alpha value is -3.01. The number of likely N-dealkylation sites (tertiary alicyclic amines) is 1. The van der Waals surface area contributed by atoms with E-state index in [9.17, 15) is 19.5 Å². The van der Waals surface area contributed by atoms with Gasteiger partial charge in [-0.15, -0.1) is 13.2 Å². The zero-order valence-electron chi connectivity index (χ0n) is 23.5. The highest BCUT2D eigenvalue weighted by atomic mass is 79.9. The van der Waals surface area contributed by atoms with Gasteiger partial charge in [0.05, 0.1) is 17.9 Å². The molecule has 9 heteroatoms. The lowest BCUT2D eigenvalue weighted by molar-refractivity contribution is -0.145. The van der Waals surface area contributed by atoms with Crippen molar-refractivity contribution in [2.75, 3.05) is 37.7 Å². The monoisotopic (exact) mass is 623 g/mol. The first-order chi connectivity index (χ1) is 19.8. The van der Waals surface area contributed by atoms with Crippen LogP contribution in [0.4, 0.5) is 5.69 Å². The van der Waals surface area contributed by atoms with Crippen LogP contribution in [-0.4, -0.2) is 88.0 Å². The Labute approximate surface area is 249 Å². The number of ether oxygens (including phenoxy) is 1. The minimum atomic E-state index is -1.16. The van der Waals surface area contributed by atoms with Crippen molar-refractivity contribution in [1.29, 1.82) is 0 Å². The summed E-state index contributed by atoms with van der Waals surface area (Å²) < 4.78 is 6.67. The molecule has 6 atom stereocenters. The van der Waals surface area contributed by atoms with Crippen LogP contribution in [0, 0.1) is 11.8 Å². The molecule has 0 radical (unpaired) electrons. The summed E-state index contributed by atoms with van der Waals surface area (Å²) in [5, 5.41) is 11.7. The van der Waals surface area contributed by atoms with Crippen molar-refractivity contribution in [3.63, 3.8) is 0 Å². The van der Waals surface area contributed by atoms with Crippen LogP contribution in [0.2, 0.25) is 0 Å². The lowest BCUT2D eigenvalue weighted by Gasteiger charge is -2.37. The van der Waals surface area contributed by atoms with E-state index in [4.69, 9.17) is 4.74 Å². The quantitative estimate of drug-likeness (QED) is 0.286. The zero-order valence-corrected chi connectivity index (χ0v) is 25.0. The van der Waals surface area contributed by atoms with Crippen molar-refractivity contribution in [3.05, 3.63) is 67.8 Å². The van der Waals surface area contributed by atoms with E-state index in [1.54, 1.807) is 26.9 Å². The van der Waals surface area contributed by atoms with Crippen molar-refractivity contribution < 1.29 is 24.2 Å². The van der Waals surface area contributed by atoms with Crippen LogP contribution in [0.15, 0.2) is 67.8 Å². The molecule has 3 heterocycles. The number of benzene rings is 2. The summed E-state index contributed by atoms with van der Waals surface area (Å²) >= 11 is 3.74. The van der Waals surface area contributed by atoms with Crippen LogP contribution in [0.1, 0.15) is 26.2 Å². The molecule has 0 saturated carbocycles. The summed E-state index contributed by atoms with van der Waals surface area (Å²) in [6.07, 6.45) is 4.35. The highest BCUT2D eigenvalue weighted by molar-refractivity contribution is 9.09. The molecule has 3 amide bonds. The Kier molecular flexibility index (Phi) is 8.68. The number of nitrogens with zero attached hydrogens (tertiary/aromatic N) is 3. The number of hydrogen-bond donors (Lipinski definition) is 1. The van der Waals surface area contributed by atoms with E-state index in [-0.39, 0.29) is 42.2 Å². The number of halogens is 1. The molecule has 41 heavy (non-hydrogen) atoms. The number of carbonyl (C=O) groups excluding carboxylic acids is 3. The molecule has 2 bridgehead atoms. The van der Waals surface area contributed by atoms with Gasteiger partial charge in [0, 0.05) is 43.3 Å². The molecule has 2 aromatic carbocycles. The Morgan fingerprint density at radius 1 is 1.15 bits per heavy atom.